The van der Waals surface area contributed by atoms with Crippen LogP contribution in [0.5, 0.6) is 0 Å². The van der Waals surface area contributed by atoms with Crippen molar-refractivity contribution in [2.24, 2.45) is 23.5 Å². The topological polar surface area (TPSA) is 126 Å². The monoisotopic (exact) mass is 393 g/mol. The van der Waals surface area contributed by atoms with E-state index in [0.717, 1.165) is 28.0 Å². The highest BCUT2D eigenvalue weighted by molar-refractivity contribution is 6.00. The highest BCUT2D eigenvalue weighted by Gasteiger charge is 2.14. The number of guanidine groups is 1. The number of aromatic nitrogens is 2. The molecule has 0 saturated heterocycles. The lowest BCUT2D eigenvalue weighted by Crippen LogP contribution is -2.22. The number of hydrogen-bond donors (Lipinski definition) is 2. The van der Waals surface area contributed by atoms with Gasteiger partial charge in [0.15, 0.2) is 11.7 Å². The van der Waals surface area contributed by atoms with E-state index in [9.17, 15) is 9.59 Å². The first-order valence-electron chi connectivity index (χ1n) is 9.10. The van der Waals surface area contributed by atoms with E-state index in [1.54, 1.807) is 12.1 Å². The summed E-state index contributed by atoms with van der Waals surface area (Å²) in [6.45, 7) is 0.419. The minimum absolute atomic E-state index is 0.0568. The van der Waals surface area contributed by atoms with Gasteiger partial charge in [0.2, 0.25) is 0 Å². The van der Waals surface area contributed by atoms with E-state index in [2.05, 4.69) is 9.73 Å². The smallest absolute Gasteiger partial charge is 0.305 e. The van der Waals surface area contributed by atoms with Gasteiger partial charge in [0, 0.05) is 24.6 Å². The summed E-state index contributed by atoms with van der Waals surface area (Å²) in [5, 5.41) is 0. The number of carbonyl (C=O) groups is 2. The third-order valence-corrected chi connectivity index (χ3v) is 4.64. The molecule has 0 spiro atoms. The van der Waals surface area contributed by atoms with Crippen LogP contribution in [-0.2, 0) is 23.1 Å². The number of esters is 1. The van der Waals surface area contributed by atoms with Crippen LogP contribution in [-0.4, -0.2) is 34.4 Å². The molecule has 0 fully saturated rings. The van der Waals surface area contributed by atoms with Gasteiger partial charge in [-0.05, 0) is 23.8 Å². The zero-order valence-electron chi connectivity index (χ0n) is 16.4. The molecule has 0 aliphatic carbocycles. The number of benzene rings is 2. The fourth-order valence-electron chi connectivity index (χ4n) is 3.04. The normalized spacial score (nSPS) is 10.7. The average molecular weight is 393 g/mol. The van der Waals surface area contributed by atoms with E-state index in [1.165, 1.54) is 7.11 Å². The molecular weight excluding hydrogens is 370 g/mol. The van der Waals surface area contributed by atoms with E-state index >= 15 is 0 Å². The average Bonchev–Trinajstić information content (AvgIpc) is 3.06. The predicted octanol–water partition coefficient (Wildman–Crippen LogP) is 2.15. The molecule has 0 bridgehead atoms. The van der Waals surface area contributed by atoms with Crippen molar-refractivity contribution in [1.82, 2.24) is 9.55 Å². The number of ether oxygens (including phenoxy) is 1. The quantitative estimate of drug-likeness (QED) is 0.274. The molecule has 8 nitrogen and oxygen atoms in total. The molecule has 150 valence electrons. The molecule has 1 aromatic heterocycles. The molecule has 4 N–H and O–H groups in total. The molecule has 0 radical (unpaired) electrons. The molecule has 0 amide bonds. The first-order valence-corrected chi connectivity index (χ1v) is 9.10. The summed E-state index contributed by atoms with van der Waals surface area (Å²) in [7, 11) is 3.23. The van der Waals surface area contributed by atoms with Crippen molar-refractivity contribution in [2.75, 3.05) is 7.11 Å². The number of fused-ring (bicyclic) bond motifs is 1. The number of aliphatic imine (C=N–C) groups is 1. The van der Waals surface area contributed by atoms with Crippen LogP contribution in [0.3, 0.4) is 0 Å². The van der Waals surface area contributed by atoms with E-state index in [1.807, 2.05) is 41.9 Å². The second-order valence-corrected chi connectivity index (χ2v) is 6.64. The number of nitrogens with zero attached hydrogens (tertiary/aromatic N) is 3. The van der Waals surface area contributed by atoms with Crippen LogP contribution in [0.25, 0.3) is 22.4 Å². The lowest BCUT2D eigenvalue weighted by Gasteiger charge is -2.04. The van der Waals surface area contributed by atoms with Crippen molar-refractivity contribution >= 4 is 28.7 Å². The molecule has 0 aliphatic heterocycles. The Balaban J connectivity index is 1.85. The SMILES string of the molecule is COC(=O)CCC(=O)c1ccc2c(c1)nc(-c1ccc(CN=C(N)N)cc1)n2C. The van der Waals surface area contributed by atoms with Gasteiger partial charge >= 0.3 is 5.97 Å². The number of methoxy groups -OCH3 is 1. The maximum Gasteiger partial charge on any atom is 0.305 e. The summed E-state index contributed by atoms with van der Waals surface area (Å²) in [6, 6.07) is 13.2. The molecular formula is C21H23N5O3. The van der Waals surface area contributed by atoms with Crippen LogP contribution in [0.15, 0.2) is 47.5 Å². The molecule has 29 heavy (non-hydrogen) atoms. The zero-order chi connectivity index (χ0) is 21.0. The molecule has 8 heteroatoms. The molecule has 1 heterocycles. The number of rotatable bonds is 7. The standard InChI is InChI=1S/C21H23N5O3/c1-26-17-8-7-15(18(27)9-10-19(28)29-2)11-16(17)25-20(26)14-5-3-13(4-6-14)12-24-21(22)23/h3-8,11H,9-10,12H2,1-2H3,(H4,22,23,24). The maximum absolute atomic E-state index is 12.3. The van der Waals surface area contributed by atoms with Crippen LogP contribution in [0, 0.1) is 0 Å². The van der Waals surface area contributed by atoms with Crippen molar-refractivity contribution in [3.63, 3.8) is 0 Å². The first kappa shape index (κ1) is 20.1. The Morgan fingerprint density at radius 1 is 1.10 bits per heavy atom. The number of nitrogens with two attached hydrogens (primary N) is 2. The molecule has 0 unspecified atom stereocenters. The van der Waals surface area contributed by atoms with Crippen molar-refractivity contribution < 1.29 is 14.3 Å². The van der Waals surface area contributed by atoms with E-state index < -0.39 is 5.97 Å². The van der Waals surface area contributed by atoms with Gasteiger partial charge in [-0.3, -0.25) is 9.59 Å². The number of hydrogen-bond acceptors (Lipinski definition) is 5. The minimum Gasteiger partial charge on any atom is -0.469 e. The Bertz CT molecular complexity index is 1080. The van der Waals surface area contributed by atoms with Gasteiger partial charge < -0.3 is 20.8 Å². The summed E-state index contributed by atoms with van der Waals surface area (Å²) in [6.07, 6.45) is 0.169. The van der Waals surface area contributed by atoms with Gasteiger partial charge in [0.25, 0.3) is 0 Å². The lowest BCUT2D eigenvalue weighted by atomic mass is 10.1. The van der Waals surface area contributed by atoms with Crippen molar-refractivity contribution in [2.45, 2.75) is 19.4 Å². The van der Waals surface area contributed by atoms with Gasteiger partial charge in [-0.15, -0.1) is 0 Å². The fourth-order valence-corrected chi connectivity index (χ4v) is 3.04. The summed E-state index contributed by atoms with van der Waals surface area (Å²) in [5.74, 6) is 0.324. The highest BCUT2D eigenvalue weighted by Crippen LogP contribution is 2.25. The third kappa shape index (κ3) is 4.60. The van der Waals surface area contributed by atoms with Crippen LogP contribution >= 0.6 is 0 Å². The Morgan fingerprint density at radius 3 is 2.48 bits per heavy atom. The van der Waals surface area contributed by atoms with Gasteiger partial charge in [0.1, 0.15) is 5.82 Å². The van der Waals surface area contributed by atoms with Crippen molar-refractivity contribution in [1.29, 1.82) is 0 Å². The zero-order valence-corrected chi connectivity index (χ0v) is 16.4. The number of imidazole rings is 1. The van der Waals surface area contributed by atoms with E-state index in [-0.39, 0.29) is 24.6 Å². The largest absolute Gasteiger partial charge is 0.469 e. The maximum atomic E-state index is 12.3. The van der Waals surface area contributed by atoms with Gasteiger partial charge in [-0.2, -0.15) is 0 Å². The molecule has 0 atom stereocenters. The predicted molar refractivity (Wildman–Crippen MR) is 111 cm³/mol. The Hall–Kier alpha value is -3.68. The molecule has 2 aromatic carbocycles. The second-order valence-electron chi connectivity index (χ2n) is 6.64. The highest BCUT2D eigenvalue weighted by atomic mass is 16.5. The summed E-state index contributed by atoms with van der Waals surface area (Å²) in [5.41, 5.74) is 14.8. The minimum atomic E-state index is -0.400. The number of Topliss-reactive ketones (excluding diaryl/α,β-unsaturated/α-hetero) is 1. The Kier molecular flexibility index (Phi) is 5.92. The van der Waals surface area contributed by atoms with Crippen LogP contribution < -0.4 is 11.5 Å². The van der Waals surface area contributed by atoms with Gasteiger partial charge in [-0.25, -0.2) is 9.98 Å². The van der Waals surface area contributed by atoms with Crippen LogP contribution in [0.1, 0.15) is 28.8 Å². The number of carbonyl (C=O) groups excluding carboxylic acids is 2. The second kappa shape index (κ2) is 8.55. The fraction of sp³-hybridized carbons (Fsp3) is 0.238. The summed E-state index contributed by atoms with van der Waals surface area (Å²) >= 11 is 0. The van der Waals surface area contributed by atoms with Crippen molar-refractivity contribution in [3.8, 4) is 11.4 Å². The Labute approximate surface area is 168 Å². The van der Waals surface area contributed by atoms with Crippen LogP contribution in [0.2, 0.25) is 0 Å². The first-order chi connectivity index (χ1) is 13.9. The van der Waals surface area contributed by atoms with Gasteiger partial charge in [-0.1, -0.05) is 24.3 Å². The third-order valence-electron chi connectivity index (χ3n) is 4.64. The summed E-state index contributed by atoms with van der Waals surface area (Å²) < 4.78 is 6.56. The van der Waals surface area contributed by atoms with Gasteiger partial charge in [0.05, 0.1) is 31.1 Å². The lowest BCUT2D eigenvalue weighted by molar-refractivity contribution is -0.140. The molecule has 3 rings (SSSR count). The Morgan fingerprint density at radius 2 is 1.83 bits per heavy atom. The number of aryl methyl sites for hydroxylation is 1. The van der Waals surface area contributed by atoms with E-state index in [0.29, 0.717) is 12.1 Å². The molecule has 3 aromatic rings. The van der Waals surface area contributed by atoms with Crippen molar-refractivity contribution in [3.05, 3.63) is 53.6 Å². The summed E-state index contributed by atoms with van der Waals surface area (Å²) in [4.78, 5) is 32.3. The molecule has 0 saturated carbocycles. The molecule has 0 aliphatic rings. The van der Waals surface area contributed by atoms with Crippen LogP contribution in [0.4, 0.5) is 0 Å². The van der Waals surface area contributed by atoms with E-state index in [4.69, 9.17) is 16.5 Å². The number of ketones is 1.